The lowest BCUT2D eigenvalue weighted by atomic mass is 10.0. The summed E-state index contributed by atoms with van der Waals surface area (Å²) in [5, 5.41) is 19.3. The van der Waals surface area contributed by atoms with Crippen LogP contribution in [0.3, 0.4) is 0 Å². The van der Waals surface area contributed by atoms with Gasteiger partial charge in [0, 0.05) is 17.2 Å². The zero-order valence-electron chi connectivity index (χ0n) is 17.4. The zero-order valence-corrected chi connectivity index (χ0v) is 17.4. The largest absolute Gasteiger partial charge is 0.507 e. The smallest absolute Gasteiger partial charge is 0.196 e. The van der Waals surface area contributed by atoms with Gasteiger partial charge in [-0.3, -0.25) is 9.59 Å². The molecule has 0 bridgehead atoms. The fourth-order valence-electron chi connectivity index (χ4n) is 2.99. The Morgan fingerprint density at radius 1 is 0.594 bits per heavy atom. The molecule has 0 saturated carbocycles. The molecule has 0 fully saturated rings. The van der Waals surface area contributed by atoms with E-state index in [1.54, 1.807) is 78.9 Å². The van der Waals surface area contributed by atoms with E-state index in [2.05, 4.69) is 0 Å². The van der Waals surface area contributed by atoms with E-state index in [0.717, 1.165) is 0 Å². The number of benzene rings is 4. The Kier molecular flexibility index (Phi) is 7.38. The lowest BCUT2D eigenvalue weighted by Gasteiger charge is -2.06. The molecule has 0 aliphatic heterocycles. The van der Waals surface area contributed by atoms with Gasteiger partial charge in [0.05, 0.1) is 18.2 Å². The van der Waals surface area contributed by atoms with Gasteiger partial charge in [-0.1, -0.05) is 72.8 Å². The lowest BCUT2D eigenvalue weighted by molar-refractivity contribution is 0.102. The molecule has 0 saturated heterocycles. The molecule has 5 nitrogen and oxygen atoms in total. The average Bonchev–Trinajstić information content (AvgIpc) is 2.85. The third-order valence-corrected chi connectivity index (χ3v) is 4.67. The Hall–Kier alpha value is -4.38. The van der Waals surface area contributed by atoms with E-state index in [1.165, 1.54) is 19.2 Å². The van der Waals surface area contributed by atoms with Gasteiger partial charge in [-0.15, -0.1) is 0 Å². The van der Waals surface area contributed by atoms with Gasteiger partial charge in [0.15, 0.2) is 11.6 Å². The first-order valence-electron chi connectivity index (χ1n) is 9.85. The monoisotopic (exact) mass is 426 g/mol. The van der Waals surface area contributed by atoms with Gasteiger partial charge >= 0.3 is 0 Å². The van der Waals surface area contributed by atoms with Crippen molar-refractivity contribution in [2.24, 2.45) is 0 Å². The second kappa shape index (κ2) is 10.6. The van der Waals surface area contributed by atoms with E-state index in [1.807, 2.05) is 12.1 Å². The number of para-hydroxylation sites is 1. The molecule has 0 unspecified atom stereocenters. The maximum absolute atomic E-state index is 12.1. The molecule has 0 amide bonds. The second-order valence-electron chi connectivity index (χ2n) is 6.79. The summed E-state index contributed by atoms with van der Waals surface area (Å²) >= 11 is 0. The number of carbonyl (C=O) groups is 2. The van der Waals surface area contributed by atoms with Crippen LogP contribution in [0.2, 0.25) is 0 Å². The minimum atomic E-state index is -0.203. The van der Waals surface area contributed by atoms with Gasteiger partial charge in [0.25, 0.3) is 0 Å². The first kappa shape index (κ1) is 22.3. The second-order valence-corrected chi connectivity index (χ2v) is 6.79. The van der Waals surface area contributed by atoms with Crippen molar-refractivity contribution in [2.75, 3.05) is 7.11 Å². The van der Waals surface area contributed by atoms with E-state index in [9.17, 15) is 19.8 Å². The average molecular weight is 426 g/mol. The number of hydrogen-bond acceptors (Lipinski definition) is 5. The van der Waals surface area contributed by atoms with Crippen LogP contribution < -0.4 is 4.74 Å². The third kappa shape index (κ3) is 5.40. The molecule has 0 heterocycles. The van der Waals surface area contributed by atoms with Gasteiger partial charge in [0.2, 0.25) is 0 Å². The topological polar surface area (TPSA) is 83.8 Å². The maximum Gasteiger partial charge on any atom is 0.196 e. The standard InChI is InChI=1S/C14H12O3.C13H10O2/c1-17-11-7-8-12(13(15)9-11)14(16)10-5-3-2-4-6-10;14-12-9-5-4-8-11(12)13(15)10-6-2-1-3-7-10/h2-9,15H,1H3;1-9,14H. The molecule has 0 atom stereocenters. The number of carbonyl (C=O) groups excluding carboxylic acids is 2. The molecule has 160 valence electrons. The molecule has 0 spiro atoms. The summed E-state index contributed by atoms with van der Waals surface area (Å²) in [4.78, 5) is 24.0. The molecule has 4 aromatic carbocycles. The highest BCUT2D eigenvalue weighted by molar-refractivity contribution is 6.11. The van der Waals surface area contributed by atoms with E-state index >= 15 is 0 Å². The minimum Gasteiger partial charge on any atom is -0.507 e. The van der Waals surface area contributed by atoms with E-state index in [-0.39, 0.29) is 28.6 Å². The number of ketones is 2. The highest BCUT2D eigenvalue weighted by Gasteiger charge is 2.14. The zero-order chi connectivity index (χ0) is 22.9. The van der Waals surface area contributed by atoms with E-state index in [4.69, 9.17) is 4.74 Å². The van der Waals surface area contributed by atoms with Crippen LogP contribution in [0, 0.1) is 0 Å². The van der Waals surface area contributed by atoms with Crippen molar-refractivity contribution in [1.29, 1.82) is 0 Å². The van der Waals surface area contributed by atoms with Crippen molar-refractivity contribution in [1.82, 2.24) is 0 Å². The number of phenols is 2. The predicted molar refractivity (Wildman–Crippen MR) is 123 cm³/mol. The quantitative estimate of drug-likeness (QED) is 0.426. The first-order chi connectivity index (χ1) is 15.5. The van der Waals surface area contributed by atoms with E-state index < -0.39 is 0 Å². The van der Waals surface area contributed by atoms with Gasteiger partial charge < -0.3 is 14.9 Å². The molecule has 4 aromatic rings. The normalized spacial score (nSPS) is 9.91. The number of aromatic hydroxyl groups is 2. The molecule has 0 aliphatic carbocycles. The van der Waals surface area contributed by atoms with Crippen LogP contribution in [0.1, 0.15) is 31.8 Å². The molecule has 4 rings (SSSR count). The predicted octanol–water partition coefficient (Wildman–Crippen LogP) is 5.26. The fourth-order valence-corrected chi connectivity index (χ4v) is 2.99. The van der Waals surface area contributed by atoms with Crippen LogP contribution in [-0.2, 0) is 0 Å². The third-order valence-electron chi connectivity index (χ3n) is 4.67. The summed E-state index contributed by atoms with van der Waals surface area (Å²) in [5.41, 5.74) is 1.74. The van der Waals surface area contributed by atoms with Gasteiger partial charge in [-0.25, -0.2) is 0 Å². The Morgan fingerprint density at radius 2 is 1.06 bits per heavy atom. The number of ether oxygens (including phenoxy) is 1. The summed E-state index contributed by atoms with van der Waals surface area (Å²) in [6, 6.07) is 28.9. The summed E-state index contributed by atoms with van der Waals surface area (Å²) in [7, 11) is 1.51. The molecule has 0 radical (unpaired) electrons. The fraction of sp³-hybridized carbons (Fsp3) is 0.0370. The first-order valence-corrected chi connectivity index (χ1v) is 9.85. The summed E-state index contributed by atoms with van der Waals surface area (Å²) in [5.74, 6) is 0.108. The van der Waals surface area contributed by atoms with Crippen LogP contribution in [0.25, 0.3) is 0 Å². The Balaban J connectivity index is 0.000000182. The number of methoxy groups -OCH3 is 1. The Morgan fingerprint density at radius 3 is 1.53 bits per heavy atom. The van der Waals surface area contributed by atoms with Crippen LogP contribution in [0.4, 0.5) is 0 Å². The van der Waals surface area contributed by atoms with Crippen molar-refractivity contribution in [3.63, 3.8) is 0 Å². The van der Waals surface area contributed by atoms with Crippen LogP contribution >= 0.6 is 0 Å². The summed E-state index contributed by atoms with van der Waals surface area (Å²) < 4.78 is 4.96. The van der Waals surface area contributed by atoms with Crippen molar-refractivity contribution in [3.8, 4) is 17.2 Å². The molecule has 0 aliphatic rings. The number of rotatable bonds is 5. The molecule has 2 N–H and O–H groups in total. The van der Waals surface area contributed by atoms with Crippen LogP contribution in [-0.4, -0.2) is 28.9 Å². The highest BCUT2D eigenvalue weighted by atomic mass is 16.5. The molecule has 5 heteroatoms. The molecule has 0 aromatic heterocycles. The van der Waals surface area contributed by atoms with Gasteiger partial charge in [-0.2, -0.15) is 0 Å². The van der Waals surface area contributed by atoms with E-state index in [0.29, 0.717) is 22.4 Å². The van der Waals surface area contributed by atoms with Crippen molar-refractivity contribution in [3.05, 3.63) is 125 Å². The number of phenolic OH excluding ortho intramolecular Hbond substituents is 2. The maximum atomic E-state index is 12.1. The minimum absolute atomic E-state index is 0.0198. The lowest BCUT2D eigenvalue weighted by Crippen LogP contribution is -2.01. The molecule has 32 heavy (non-hydrogen) atoms. The van der Waals surface area contributed by atoms with Gasteiger partial charge in [-0.05, 0) is 24.3 Å². The molecular formula is C27H22O5. The molecular weight excluding hydrogens is 404 g/mol. The summed E-state index contributed by atoms with van der Waals surface area (Å²) in [6.45, 7) is 0. The van der Waals surface area contributed by atoms with Crippen LogP contribution in [0.5, 0.6) is 17.2 Å². The van der Waals surface area contributed by atoms with Crippen molar-refractivity contribution < 1.29 is 24.5 Å². The highest BCUT2D eigenvalue weighted by Crippen LogP contribution is 2.25. The van der Waals surface area contributed by atoms with Crippen LogP contribution in [0.15, 0.2) is 103 Å². The van der Waals surface area contributed by atoms with Gasteiger partial charge in [0.1, 0.15) is 17.2 Å². The Labute approximate surface area is 186 Å². The summed E-state index contributed by atoms with van der Waals surface area (Å²) in [6.07, 6.45) is 0. The van der Waals surface area contributed by atoms with Crippen molar-refractivity contribution >= 4 is 11.6 Å². The Bertz CT molecular complexity index is 1200. The SMILES string of the molecule is COc1ccc(C(=O)c2ccccc2)c(O)c1.O=C(c1ccccc1)c1ccccc1O. The van der Waals surface area contributed by atoms with Crippen molar-refractivity contribution in [2.45, 2.75) is 0 Å². The number of hydrogen-bond donors (Lipinski definition) is 2.